The number of rotatable bonds is 12. The summed E-state index contributed by atoms with van der Waals surface area (Å²) in [6, 6.07) is 81.0. The smallest absolute Gasteiger partial charge is 0.0134 e. The Kier molecular flexibility index (Phi) is 30.5. The molecule has 90 heavy (non-hydrogen) atoms. The summed E-state index contributed by atoms with van der Waals surface area (Å²) in [6.07, 6.45) is 2.98. The number of hydrogen-bond acceptors (Lipinski definition) is 10. The van der Waals surface area contributed by atoms with Gasteiger partial charge in [0.05, 0.1) is 28.4 Å². The zero-order valence-electron chi connectivity index (χ0n) is 48.0. The van der Waals surface area contributed by atoms with E-state index in [1.54, 1.807) is 50.6 Å². The van der Waals surface area contributed by atoms with Gasteiger partial charge in [-0.1, -0.05) is 205 Å². The van der Waals surface area contributed by atoms with Crippen LogP contribution in [0.1, 0.15) is 7.43 Å². The summed E-state index contributed by atoms with van der Waals surface area (Å²) in [5, 5.41) is 27.5. The van der Waals surface area contributed by atoms with E-state index in [0.29, 0.717) is 49.3 Å². The Balaban J connectivity index is 0.000000179. The molecule has 0 atom stereocenters. The van der Waals surface area contributed by atoms with Crippen LogP contribution in [0.4, 0.5) is 8.78 Å². The van der Waals surface area contributed by atoms with Crippen LogP contribution in [-0.4, -0.2) is 65.5 Å². The van der Waals surface area contributed by atoms with E-state index in [1.165, 1.54) is 82.7 Å². The van der Waals surface area contributed by atoms with Gasteiger partial charge in [-0.25, -0.2) is 28.7 Å². The molecule has 0 bridgehead atoms. The van der Waals surface area contributed by atoms with E-state index >= 15 is 0 Å². The maximum Gasteiger partial charge on any atom is -0.0134 e. The summed E-state index contributed by atoms with van der Waals surface area (Å²) in [7, 11) is 13.4. The Morgan fingerprint density at radius 2 is 0.700 bits per heavy atom. The minimum Gasteiger partial charge on any atom is -0.0622 e. The van der Waals surface area contributed by atoms with Crippen LogP contribution in [0.15, 0.2) is 260 Å². The van der Waals surface area contributed by atoms with E-state index in [1.807, 2.05) is 0 Å². The standard InChI is InChI=1S/2C18H15P.C16H12ClFN2O2.C8H11BO4.C8H3BrClFN2.CH4.2ClH.Pd/c2*1-4-10-16(11-5-1)19(17-12-6-2-7-13-17)18-14-8-3-9-15-18;1-21-12-4-10(5-13(7-12)22-2)9-3-11-8-19-16(17)20-15(11)14(18)6-9;1-12-7-3-6(9(10)11)4-8(5-7)13-2;9-5-1-4-3-12-8(10)13-7(4)6(11)2-5;;;;/h2*1-15H;3-8H,1-2H3;3-5,10-11H,1-2H3;1-3H;1H4;2*1H;/q;;;;;;;;+2/p-2. The minimum atomic E-state index is -1.51. The van der Waals surface area contributed by atoms with Crippen LogP contribution >= 0.6 is 74.0 Å². The first-order valence-corrected chi connectivity index (χ1v) is 34.9. The molecule has 464 valence electrons. The molecule has 10 aromatic carbocycles. The molecule has 2 N–H and O–H groups in total. The van der Waals surface area contributed by atoms with E-state index in [-0.39, 0.29) is 45.0 Å². The van der Waals surface area contributed by atoms with Crippen molar-refractivity contribution in [2.24, 2.45) is 0 Å². The van der Waals surface area contributed by atoms with Gasteiger partial charge in [-0.15, -0.1) is 0 Å². The Hall–Kier alpha value is -6.91. The normalized spacial score (nSPS) is 10.3. The molecule has 10 nitrogen and oxygen atoms in total. The average molecular weight is 1480 g/mol. The molecule has 12 aromatic rings. The molecular formula is C69H60BBrCl4F2N4O6P2Pd. The number of hydrogen-bond donors (Lipinski definition) is 2. The maximum absolute atomic E-state index is 14.3. The second-order valence-corrected chi connectivity index (χ2v) is 26.7. The zero-order valence-corrected chi connectivity index (χ0v) is 56.0. The van der Waals surface area contributed by atoms with Crippen molar-refractivity contribution in [2.75, 3.05) is 28.4 Å². The third-order valence-corrected chi connectivity index (χ3v) is 18.3. The molecule has 2 heterocycles. The van der Waals surface area contributed by atoms with E-state index in [9.17, 15) is 8.78 Å². The molecule has 0 aliphatic heterocycles. The molecule has 0 amide bonds. The Morgan fingerprint density at radius 1 is 0.422 bits per heavy atom. The Labute approximate surface area is 561 Å². The van der Waals surface area contributed by atoms with Gasteiger partial charge in [0.15, 0.2) is 5.82 Å². The largest absolute Gasteiger partial charge is 0.0622 e. The van der Waals surface area contributed by atoms with Crippen LogP contribution in [-0.2, 0) is 15.9 Å². The molecule has 0 unspecified atom stereocenters. The topological polar surface area (TPSA) is 129 Å². The van der Waals surface area contributed by atoms with Crippen molar-refractivity contribution in [3.63, 3.8) is 0 Å². The van der Waals surface area contributed by atoms with Crippen molar-refractivity contribution < 1.29 is 53.7 Å². The summed E-state index contributed by atoms with van der Waals surface area (Å²) >= 11 is 14.3. The minimum absolute atomic E-state index is 0. The fourth-order valence-corrected chi connectivity index (χ4v) is 13.9. The van der Waals surface area contributed by atoms with Gasteiger partial charge in [-0.05, 0) is 136 Å². The monoisotopic (exact) mass is 1480 g/mol. The molecule has 21 heteroatoms. The van der Waals surface area contributed by atoms with E-state index in [2.05, 4.69) is 218 Å². The summed E-state index contributed by atoms with van der Waals surface area (Å²) in [6.45, 7) is 0. The molecule has 0 spiro atoms. The molecule has 0 saturated heterocycles. The van der Waals surface area contributed by atoms with Crippen molar-refractivity contribution in [3.05, 3.63) is 282 Å². The summed E-state index contributed by atoms with van der Waals surface area (Å²) in [4.78, 5) is 15.3. The predicted octanol–water partition coefficient (Wildman–Crippen LogP) is 15.6. The molecule has 0 fully saturated rings. The van der Waals surface area contributed by atoms with Gasteiger partial charge >= 0.3 is 42.1 Å². The van der Waals surface area contributed by atoms with Crippen molar-refractivity contribution >= 4 is 140 Å². The quantitative estimate of drug-likeness (QED) is 0.0693. The van der Waals surface area contributed by atoms with E-state index in [0.717, 1.165) is 5.56 Å². The fourth-order valence-electron chi connectivity index (χ4n) is 8.60. The molecule has 2 aromatic heterocycles. The summed E-state index contributed by atoms with van der Waals surface area (Å²) in [5.41, 5.74) is 2.22. The zero-order chi connectivity index (χ0) is 63.5. The van der Waals surface area contributed by atoms with Crippen LogP contribution in [0.3, 0.4) is 0 Å². The van der Waals surface area contributed by atoms with Crippen molar-refractivity contribution in [3.8, 4) is 34.1 Å². The van der Waals surface area contributed by atoms with E-state index < -0.39 is 34.6 Å². The first kappa shape index (κ1) is 72.2. The van der Waals surface area contributed by atoms with Gasteiger partial charge in [0.1, 0.15) is 39.8 Å². The van der Waals surface area contributed by atoms with Crippen LogP contribution in [0.5, 0.6) is 23.0 Å². The first-order chi connectivity index (χ1) is 43.2. The fraction of sp³-hybridized carbons (Fsp3) is 0.0725. The second-order valence-electron chi connectivity index (χ2n) is 18.3. The van der Waals surface area contributed by atoms with Gasteiger partial charge < -0.3 is 29.0 Å². The first-order valence-electron chi connectivity index (χ1n) is 26.7. The number of fused-ring (bicyclic) bond motifs is 2. The van der Waals surface area contributed by atoms with Gasteiger partial charge in [0.2, 0.25) is 10.6 Å². The number of halogens is 7. The number of aromatic nitrogens is 4. The van der Waals surface area contributed by atoms with Crippen molar-refractivity contribution in [2.45, 2.75) is 7.43 Å². The van der Waals surface area contributed by atoms with Crippen LogP contribution in [0.25, 0.3) is 32.9 Å². The molecule has 0 aliphatic rings. The van der Waals surface area contributed by atoms with Crippen molar-refractivity contribution in [1.29, 1.82) is 0 Å². The third kappa shape index (κ3) is 21.6. The second kappa shape index (κ2) is 38.1. The van der Waals surface area contributed by atoms with Crippen LogP contribution < -0.4 is 56.2 Å². The number of methoxy groups -OCH3 is 4. The molecule has 0 saturated carbocycles. The SMILES string of the molecule is C.COc1cc(OC)cc(-c2cc(F)c3nc(Cl)ncc3c2)c1.COc1cc(OC)cc(B(O)O)c1.Fc1cc(Br)cc2cnc(Cl)nc12.[Cl][Pd][Cl].c1ccc(P(c2ccccc2)c2ccccc2)cc1.c1ccc(P(c2ccccc2)c2ccccc2)cc1. The van der Waals surface area contributed by atoms with Gasteiger partial charge in [-0.2, -0.15) is 0 Å². The molecule has 0 radical (unpaired) electrons. The van der Waals surface area contributed by atoms with Gasteiger partial charge in [0.25, 0.3) is 0 Å². The summed E-state index contributed by atoms with van der Waals surface area (Å²) < 4.78 is 48.5. The maximum atomic E-state index is 14.3. The third-order valence-electron chi connectivity index (χ3n) is 12.6. The molecule has 0 aliphatic carbocycles. The average Bonchev–Trinajstić information content (AvgIpc) is 2.09. The molecular weight excluding hydrogens is 1420 g/mol. The Morgan fingerprint density at radius 3 is 1.00 bits per heavy atom. The van der Waals surface area contributed by atoms with Crippen LogP contribution in [0, 0.1) is 11.6 Å². The Bertz CT molecular complexity index is 3770. The van der Waals surface area contributed by atoms with Crippen LogP contribution in [0.2, 0.25) is 10.6 Å². The van der Waals surface area contributed by atoms with Gasteiger partial charge in [0, 0.05) is 39.8 Å². The predicted molar refractivity (Wildman–Crippen MR) is 373 cm³/mol. The van der Waals surface area contributed by atoms with Crippen molar-refractivity contribution in [1.82, 2.24) is 19.9 Å². The number of benzene rings is 10. The van der Waals surface area contributed by atoms with Gasteiger partial charge in [-0.3, -0.25) is 0 Å². The number of ether oxygens (including phenoxy) is 4. The molecule has 12 rings (SSSR count). The van der Waals surface area contributed by atoms with E-state index in [4.69, 9.17) is 71.3 Å². The summed E-state index contributed by atoms with van der Waals surface area (Å²) in [5.74, 6) is 1.45. The number of nitrogens with zero attached hydrogens (tertiary/aromatic N) is 4.